The normalized spacial score (nSPS) is 10.7. The van der Waals surface area contributed by atoms with Crippen LogP contribution in [0.5, 0.6) is 0 Å². The first kappa shape index (κ1) is 11.4. The van der Waals surface area contributed by atoms with Crippen LogP contribution in [0, 0.1) is 17.2 Å². The highest BCUT2D eigenvalue weighted by Crippen LogP contribution is 2.23. The molecule has 2 rings (SSSR count). The monoisotopic (exact) mass is 226 g/mol. The van der Waals surface area contributed by atoms with Gasteiger partial charge in [0.1, 0.15) is 6.54 Å². The van der Waals surface area contributed by atoms with Gasteiger partial charge >= 0.3 is 0 Å². The molecule has 0 aliphatic rings. The third-order valence-corrected chi connectivity index (χ3v) is 2.82. The summed E-state index contributed by atoms with van der Waals surface area (Å²) in [6, 6.07) is 9.80. The molecule has 0 bridgehead atoms. The Bertz CT molecular complexity index is 602. The molecule has 0 aliphatic heterocycles. The molecule has 0 saturated heterocycles. The summed E-state index contributed by atoms with van der Waals surface area (Å²) in [4.78, 5) is 12.1. The van der Waals surface area contributed by atoms with Crippen LogP contribution in [0.1, 0.15) is 24.2 Å². The molecule has 17 heavy (non-hydrogen) atoms. The van der Waals surface area contributed by atoms with Gasteiger partial charge in [0.05, 0.1) is 6.07 Å². The van der Waals surface area contributed by atoms with Gasteiger partial charge in [-0.25, -0.2) is 0 Å². The molecule has 0 aliphatic carbocycles. The molecule has 86 valence electrons. The summed E-state index contributed by atoms with van der Waals surface area (Å²) in [5.41, 5.74) is 1.66. The predicted molar refractivity (Wildman–Crippen MR) is 66.7 cm³/mol. The van der Waals surface area contributed by atoms with Crippen molar-refractivity contribution in [3.05, 3.63) is 36.0 Å². The van der Waals surface area contributed by atoms with Gasteiger partial charge in [0, 0.05) is 28.6 Å². The number of ketones is 1. The topological polar surface area (TPSA) is 45.8 Å². The van der Waals surface area contributed by atoms with E-state index < -0.39 is 0 Å². The number of Topliss-reactive ketones (excluding diaryl/α,β-unsaturated/α-hetero) is 1. The summed E-state index contributed by atoms with van der Waals surface area (Å²) in [5.74, 6) is 0.0919. The lowest BCUT2D eigenvalue weighted by Crippen LogP contribution is -2.06. The van der Waals surface area contributed by atoms with E-state index in [0.717, 1.165) is 10.9 Å². The van der Waals surface area contributed by atoms with Gasteiger partial charge < -0.3 is 4.57 Å². The summed E-state index contributed by atoms with van der Waals surface area (Å²) in [5, 5.41) is 9.71. The molecule has 3 heteroatoms. The van der Waals surface area contributed by atoms with Gasteiger partial charge in [-0.3, -0.25) is 4.79 Å². The van der Waals surface area contributed by atoms with Crippen molar-refractivity contribution in [3.8, 4) is 6.07 Å². The fourth-order valence-electron chi connectivity index (χ4n) is 1.96. The minimum absolute atomic E-state index is 0.0312. The van der Waals surface area contributed by atoms with Gasteiger partial charge in [0.15, 0.2) is 5.78 Å². The van der Waals surface area contributed by atoms with Crippen LogP contribution in [-0.2, 0) is 6.54 Å². The number of para-hydroxylation sites is 1. The van der Waals surface area contributed by atoms with Gasteiger partial charge in [-0.1, -0.05) is 32.0 Å². The third-order valence-electron chi connectivity index (χ3n) is 2.82. The Hall–Kier alpha value is -2.08. The molecule has 1 heterocycles. The zero-order valence-electron chi connectivity index (χ0n) is 9.97. The van der Waals surface area contributed by atoms with E-state index in [9.17, 15) is 4.79 Å². The van der Waals surface area contributed by atoms with Crippen molar-refractivity contribution in [1.82, 2.24) is 4.57 Å². The average molecular weight is 226 g/mol. The third kappa shape index (κ3) is 1.94. The van der Waals surface area contributed by atoms with E-state index in [1.165, 1.54) is 0 Å². The van der Waals surface area contributed by atoms with E-state index in [1.54, 1.807) is 6.20 Å². The lowest BCUT2D eigenvalue weighted by atomic mass is 10.0. The number of fused-ring (bicyclic) bond motifs is 1. The second kappa shape index (κ2) is 4.42. The van der Waals surface area contributed by atoms with Crippen LogP contribution >= 0.6 is 0 Å². The molecule has 0 amide bonds. The Kier molecular flexibility index (Phi) is 2.97. The van der Waals surface area contributed by atoms with Crippen molar-refractivity contribution in [2.45, 2.75) is 20.4 Å². The molecule has 0 N–H and O–H groups in total. The van der Waals surface area contributed by atoms with Crippen LogP contribution in [0.2, 0.25) is 0 Å². The highest BCUT2D eigenvalue weighted by atomic mass is 16.1. The number of benzene rings is 1. The fourth-order valence-corrected chi connectivity index (χ4v) is 1.96. The number of hydrogen-bond donors (Lipinski definition) is 0. The summed E-state index contributed by atoms with van der Waals surface area (Å²) >= 11 is 0. The maximum atomic E-state index is 12.1. The first-order valence-corrected chi connectivity index (χ1v) is 5.64. The first-order chi connectivity index (χ1) is 8.15. The molecule has 0 fully saturated rings. The summed E-state index contributed by atoms with van der Waals surface area (Å²) in [7, 11) is 0. The minimum Gasteiger partial charge on any atom is -0.333 e. The van der Waals surface area contributed by atoms with Gasteiger partial charge in [0.2, 0.25) is 0 Å². The molecular weight excluding hydrogens is 212 g/mol. The predicted octanol–water partition coefficient (Wildman–Crippen LogP) is 3.00. The minimum atomic E-state index is -0.0312. The van der Waals surface area contributed by atoms with Gasteiger partial charge in [-0.2, -0.15) is 5.26 Å². The lowest BCUT2D eigenvalue weighted by molar-refractivity contribution is 0.0941. The quantitative estimate of drug-likeness (QED) is 0.755. The number of rotatable bonds is 3. The van der Waals surface area contributed by atoms with E-state index in [0.29, 0.717) is 5.56 Å². The smallest absolute Gasteiger partial charge is 0.167 e. The molecule has 3 nitrogen and oxygen atoms in total. The maximum Gasteiger partial charge on any atom is 0.167 e. The van der Waals surface area contributed by atoms with Crippen LogP contribution in [0.3, 0.4) is 0 Å². The fraction of sp³-hybridized carbons (Fsp3) is 0.286. The Balaban J connectivity index is 2.65. The molecule has 1 aromatic carbocycles. The standard InChI is InChI=1S/C14H14N2O/c1-10(2)14(17)12-9-16(8-7-15)13-6-4-3-5-11(12)13/h3-6,9-10H,8H2,1-2H3. The second-order valence-corrected chi connectivity index (χ2v) is 4.36. The molecule has 2 aromatic rings. The molecule has 0 unspecified atom stereocenters. The number of aromatic nitrogens is 1. The van der Waals surface area contributed by atoms with Crippen LogP contribution < -0.4 is 0 Å². The SMILES string of the molecule is CC(C)C(=O)c1cn(CC#N)c2ccccc12. The van der Waals surface area contributed by atoms with E-state index >= 15 is 0 Å². The van der Waals surface area contributed by atoms with Crippen molar-refractivity contribution < 1.29 is 4.79 Å². The van der Waals surface area contributed by atoms with Crippen molar-refractivity contribution >= 4 is 16.7 Å². The van der Waals surface area contributed by atoms with Gasteiger partial charge in [-0.05, 0) is 6.07 Å². The number of carbonyl (C=O) groups is 1. The summed E-state index contributed by atoms with van der Waals surface area (Å²) in [6.07, 6.45) is 1.79. The van der Waals surface area contributed by atoms with E-state index in [4.69, 9.17) is 5.26 Å². The molecule has 1 aromatic heterocycles. The molecule has 0 atom stereocenters. The van der Waals surface area contributed by atoms with E-state index in [2.05, 4.69) is 6.07 Å². The molecule has 0 spiro atoms. The Morgan fingerprint density at radius 2 is 2.12 bits per heavy atom. The maximum absolute atomic E-state index is 12.1. The van der Waals surface area contributed by atoms with E-state index in [-0.39, 0.29) is 18.2 Å². The first-order valence-electron chi connectivity index (χ1n) is 5.64. The number of hydrogen-bond acceptors (Lipinski definition) is 2. The highest BCUT2D eigenvalue weighted by molar-refractivity contribution is 6.08. The van der Waals surface area contributed by atoms with Crippen LogP contribution in [0.25, 0.3) is 10.9 Å². The van der Waals surface area contributed by atoms with E-state index in [1.807, 2.05) is 42.7 Å². The van der Waals surface area contributed by atoms with Crippen LogP contribution in [-0.4, -0.2) is 10.4 Å². The number of nitrogens with zero attached hydrogens (tertiary/aromatic N) is 2. The van der Waals surface area contributed by atoms with Crippen molar-refractivity contribution in [3.63, 3.8) is 0 Å². The zero-order chi connectivity index (χ0) is 12.4. The lowest BCUT2D eigenvalue weighted by Gasteiger charge is -2.01. The van der Waals surface area contributed by atoms with Crippen molar-refractivity contribution in [2.75, 3.05) is 0 Å². The van der Waals surface area contributed by atoms with Gasteiger partial charge in [0.25, 0.3) is 0 Å². The summed E-state index contributed by atoms with van der Waals surface area (Å²) < 4.78 is 1.82. The molecule has 0 radical (unpaired) electrons. The van der Waals surface area contributed by atoms with Crippen LogP contribution in [0.15, 0.2) is 30.5 Å². The largest absolute Gasteiger partial charge is 0.333 e. The number of nitriles is 1. The average Bonchev–Trinajstić information content (AvgIpc) is 2.68. The summed E-state index contributed by atoms with van der Waals surface area (Å²) in [6.45, 7) is 4.05. The highest BCUT2D eigenvalue weighted by Gasteiger charge is 2.16. The second-order valence-electron chi connectivity index (χ2n) is 4.36. The van der Waals surface area contributed by atoms with Crippen molar-refractivity contribution in [2.24, 2.45) is 5.92 Å². The Morgan fingerprint density at radius 3 is 2.76 bits per heavy atom. The molecular formula is C14H14N2O. The number of carbonyl (C=O) groups excluding carboxylic acids is 1. The van der Waals surface area contributed by atoms with Gasteiger partial charge in [-0.15, -0.1) is 0 Å². The molecule has 0 saturated carbocycles. The Morgan fingerprint density at radius 1 is 1.41 bits per heavy atom. The zero-order valence-corrected chi connectivity index (χ0v) is 9.97. The van der Waals surface area contributed by atoms with Crippen LogP contribution in [0.4, 0.5) is 0 Å². The van der Waals surface area contributed by atoms with Crippen molar-refractivity contribution in [1.29, 1.82) is 5.26 Å². The Labute approximate surface area is 100 Å².